The topological polar surface area (TPSA) is 22.9 Å². The number of hydrogen-bond acceptors (Lipinski definition) is 2. The molecule has 1 N–H and O–H groups in total. The number of nitrogens with one attached hydrogen (secondary N) is 1. The highest BCUT2D eigenvalue weighted by Crippen LogP contribution is 2.38. The zero-order valence-corrected chi connectivity index (χ0v) is 20.9. The zero-order valence-electron chi connectivity index (χ0n) is 20.1. The van der Waals surface area contributed by atoms with Gasteiger partial charge in [0.25, 0.3) is 0 Å². The molecule has 176 valence electrons. The second kappa shape index (κ2) is 9.07. The van der Waals surface area contributed by atoms with E-state index in [0.717, 1.165) is 42.5 Å². The first-order valence-corrected chi connectivity index (χ1v) is 12.6. The summed E-state index contributed by atoms with van der Waals surface area (Å²) in [5, 5.41) is 0.768. The summed E-state index contributed by atoms with van der Waals surface area (Å²) in [7, 11) is 3.40. The van der Waals surface area contributed by atoms with Crippen LogP contribution in [-0.2, 0) is 19.4 Å². The number of hydrogen-bond donors (Lipinski definition) is 1. The second-order valence-corrected chi connectivity index (χ2v) is 9.99. The summed E-state index contributed by atoms with van der Waals surface area (Å²) in [5.41, 5.74) is 10.8. The molecule has 2 aliphatic rings. The maximum Gasteiger partial charge on any atom is 0.161 e. The van der Waals surface area contributed by atoms with E-state index in [-0.39, 0.29) is 6.04 Å². The van der Waals surface area contributed by atoms with Gasteiger partial charge in [-0.2, -0.15) is 0 Å². The highest BCUT2D eigenvalue weighted by atomic mass is 35.5. The molecule has 1 aliphatic heterocycles. The summed E-state index contributed by atoms with van der Waals surface area (Å²) in [6, 6.07) is 28.6. The van der Waals surface area contributed by atoms with Gasteiger partial charge in [0, 0.05) is 28.1 Å². The first-order valence-electron chi connectivity index (χ1n) is 12.2. The molecule has 0 radical (unpaired) electrons. The van der Waals surface area contributed by atoms with Crippen LogP contribution in [0.5, 0.6) is 11.5 Å². The Morgan fingerprint density at radius 3 is 2.43 bits per heavy atom. The van der Waals surface area contributed by atoms with E-state index in [0.29, 0.717) is 0 Å². The second-order valence-electron chi connectivity index (χ2n) is 9.55. The average molecular weight is 483 g/mol. The third kappa shape index (κ3) is 3.99. The predicted octanol–water partition coefficient (Wildman–Crippen LogP) is 5.66. The minimum atomic E-state index is 0.169. The number of ether oxygens (including phenoxy) is 2. The van der Waals surface area contributed by atoms with Gasteiger partial charge in [0.1, 0.15) is 12.6 Å². The van der Waals surface area contributed by atoms with Crippen molar-refractivity contribution in [1.82, 2.24) is 0 Å². The average Bonchev–Trinajstić information content (AvgIpc) is 3.25. The van der Waals surface area contributed by atoms with Gasteiger partial charge in [0.15, 0.2) is 11.5 Å². The van der Waals surface area contributed by atoms with Gasteiger partial charge < -0.3 is 14.4 Å². The molecule has 4 heteroatoms. The number of fused-ring (bicyclic) bond motifs is 4. The number of methoxy groups -OCH3 is 2. The molecule has 6 rings (SSSR count). The fourth-order valence-corrected chi connectivity index (χ4v) is 6.14. The minimum absolute atomic E-state index is 0.169. The van der Waals surface area contributed by atoms with Crippen molar-refractivity contribution in [2.75, 3.05) is 20.8 Å². The lowest BCUT2D eigenvalue weighted by Crippen LogP contribution is -3.12. The number of halogens is 1. The molecule has 3 nitrogen and oxygen atoms in total. The van der Waals surface area contributed by atoms with Crippen molar-refractivity contribution < 1.29 is 14.4 Å². The third-order valence-corrected chi connectivity index (χ3v) is 7.79. The molecule has 1 unspecified atom stereocenters. The van der Waals surface area contributed by atoms with Crippen LogP contribution in [0.15, 0.2) is 78.9 Å². The quantitative estimate of drug-likeness (QED) is 0.349. The molecule has 0 saturated heterocycles. The summed E-state index contributed by atoms with van der Waals surface area (Å²) in [5.74, 6) is 1.56. The Balaban J connectivity index is 1.38. The maximum atomic E-state index is 6.46. The van der Waals surface area contributed by atoms with Crippen LogP contribution in [0, 0.1) is 0 Å². The molecule has 4 aromatic rings. The van der Waals surface area contributed by atoms with Crippen LogP contribution in [0.2, 0.25) is 5.02 Å². The molecular formula is C31H29ClNO2+. The lowest BCUT2D eigenvalue weighted by atomic mass is 9.87. The summed E-state index contributed by atoms with van der Waals surface area (Å²) < 4.78 is 11.3. The van der Waals surface area contributed by atoms with E-state index in [1.165, 1.54) is 49.4 Å². The van der Waals surface area contributed by atoms with Crippen molar-refractivity contribution in [3.63, 3.8) is 0 Å². The summed E-state index contributed by atoms with van der Waals surface area (Å²) >= 11 is 6.46. The van der Waals surface area contributed by atoms with Crippen LogP contribution < -0.4 is 14.4 Å². The van der Waals surface area contributed by atoms with E-state index in [9.17, 15) is 0 Å². The Morgan fingerprint density at radius 2 is 1.60 bits per heavy atom. The molecule has 0 saturated carbocycles. The molecule has 0 spiro atoms. The monoisotopic (exact) mass is 482 g/mol. The number of quaternary nitrogens is 1. The fraction of sp³-hybridized carbons (Fsp3) is 0.226. The van der Waals surface area contributed by atoms with Gasteiger partial charge in [-0.3, -0.25) is 0 Å². The van der Waals surface area contributed by atoms with Crippen molar-refractivity contribution in [2.45, 2.75) is 25.4 Å². The Kier molecular flexibility index (Phi) is 5.75. The summed E-state index contributed by atoms with van der Waals surface area (Å²) in [6.07, 6.45) is 2.02. The normalized spacial score (nSPS) is 17.9. The molecule has 1 heterocycles. The van der Waals surface area contributed by atoms with E-state index in [1.807, 2.05) is 6.07 Å². The van der Waals surface area contributed by atoms with Crippen LogP contribution in [0.1, 0.15) is 39.4 Å². The summed E-state index contributed by atoms with van der Waals surface area (Å²) in [4.78, 5) is 1.52. The highest BCUT2D eigenvalue weighted by molar-refractivity contribution is 6.30. The van der Waals surface area contributed by atoms with E-state index in [4.69, 9.17) is 21.1 Å². The fourth-order valence-electron chi connectivity index (χ4n) is 5.94. The standard InChI is InChI=1S/C31H28ClNO2/c1-34-29-17-22-12-13-33(31(28(22)18-30(29)35-2)23-7-5-8-25(32)16-23)19-20-10-11-27-24(14-20)15-21-6-3-4-9-26(21)27/h3-11,14,16-18,31H,12-13,15,19H2,1-2H3/p+1/t31-/m0/s1. The lowest BCUT2D eigenvalue weighted by Gasteiger charge is -2.35. The van der Waals surface area contributed by atoms with Crippen molar-refractivity contribution in [3.8, 4) is 22.6 Å². The van der Waals surface area contributed by atoms with Gasteiger partial charge in [-0.15, -0.1) is 0 Å². The first kappa shape index (κ1) is 22.2. The van der Waals surface area contributed by atoms with Crippen LogP contribution >= 0.6 is 11.6 Å². The molecule has 0 amide bonds. The molecule has 35 heavy (non-hydrogen) atoms. The Hall–Kier alpha value is -3.27. The largest absolute Gasteiger partial charge is 0.493 e. The van der Waals surface area contributed by atoms with Gasteiger partial charge in [-0.1, -0.05) is 60.1 Å². The minimum Gasteiger partial charge on any atom is -0.493 e. The Bertz CT molecular complexity index is 1410. The van der Waals surface area contributed by atoms with Gasteiger partial charge in [0.05, 0.1) is 20.8 Å². The Morgan fingerprint density at radius 1 is 0.800 bits per heavy atom. The van der Waals surface area contributed by atoms with Crippen molar-refractivity contribution in [3.05, 3.63) is 117 Å². The van der Waals surface area contributed by atoms with E-state index >= 15 is 0 Å². The van der Waals surface area contributed by atoms with Crippen molar-refractivity contribution >= 4 is 11.6 Å². The van der Waals surface area contributed by atoms with Gasteiger partial charge >= 0.3 is 0 Å². The van der Waals surface area contributed by atoms with Gasteiger partial charge in [0.2, 0.25) is 0 Å². The van der Waals surface area contributed by atoms with Crippen molar-refractivity contribution in [1.29, 1.82) is 0 Å². The van der Waals surface area contributed by atoms with Crippen molar-refractivity contribution in [2.24, 2.45) is 0 Å². The predicted molar refractivity (Wildman–Crippen MR) is 141 cm³/mol. The molecule has 0 fully saturated rings. The molecular weight excluding hydrogens is 454 g/mol. The molecule has 0 bridgehead atoms. The maximum absolute atomic E-state index is 6.46. The van der Waals surface area contributed by atoms with Crippen LogP contribution in [-0.4, -0.2) is 20.8 Å². The molecule has 0 aromatic heterocycles. The molecule has 2 atom stereocenters. The third-order valence-electron chi connectivity index (χ3n) is 7.55. The van der Waals surface area contributed by atoms with Gasteiger partial charge in [-0.05, 0) is 64.6 Å². The highest BCUT2D eigenvalue weighted by Gasteiger charge is 2.34. The molecule has 4 aromatic carbocycles. The van der Waals surface area contributed by atoms with Crippen LogP contribution in [0.25, 0.3) is 11.1 Å². The van der Waals surface area contributed by atoms with Crippen LogP contribution in [0.4, 0.5) is 0 Å². The first-order chi connectivity index (χ1) is 17.1. The lowest BCUT2D eigenvalue weighted by molar-refractivity contribution is -0.941. The van der Waals surface area contributed by atoms with E-state index < -0.39 is 0 Å². The molecule has 1 aliphatic carbocycles. The van der Waals surface area contributed by atoms with Crippen LogP contribution in [0.3, 0.4) is 0 Å². The zero-order chi connectivity index (χ0) is 23.9. The smallest absolute Gasteiger partial charge is 0.161 e. The number of rotatable bonds is 5. The Labute approximate surface area is 211 Å². The number of benzene rings is 4. The van der Waals surface area contributed by atoms with E-state index in [1.54, 1.807) is 14.2 Å². The van der Waals surface area contributed by atoms with E-state index in [2.05, 4.69) is 72.8 Å². The summed E-state index contributed by atoms with van der Waals surface area (Å²) in [6.45, 7) is 1.99. The SMILES string of the molecule is COc1cc2c(cc1OC)[C@H](c1cccc(Cl)c1)[NH+](Cc1ccc3c(c1)Cc1ccccc1-3)CC2. The van der Waals surface area contributed by atoms with Gasteiger partial charge in [-0.25, -0.2) is 0 Å².